The first kappa shape index (κ1) is 15.8. The number of piperidine rings is 1. The summed E-state index contributed by atoms with van der Waals surface area (Å²) in [6.07, 6.45) is 0.430. The molecule has 2 atom stereocenters. The van der Waals surface area contributed by atoms with Crippen LogP contribution in [0.5, 0.6) is 0 Å². The Morgan fingerprint density at radius 2 is 1.76 bits per heavy atom. The zero-order chi connectivity index (χ0) is 15.4. The highest BCUT2D eigenvalue weighted by Gasteiger charge is 2.38. The first-order chi connectivity index (χ1) is 10.0. The average molecular weight is 299 g/mol. The van der Waals surface area contributed by atoms with Gasteiger partial charge in [0, 0.05) is 13.1 Å². The van der Waals surface area contributed by atoms with Gasteiger partial charge in [0.15, 0.2) is 6.10 Å². The van der Waals surface area contributed by atoms with Crippen LogP contribution in [0.1, 0.15) is 32.6 Å². The van der Waals surface area contributed by atoms with Crippen molar-refractivity contribution in [2.45, 2.75) is 44.8 Å². The van der Waals surface area contributed by atoms with Crippen LogP contribution in [-0.4, -0.2) is 59.8 Å². The molecule has 0 saturated carbocycles. The summed E-state index contributed by atoms with van der Waals surface area (Å²) in [6.45, 7) is 3.11. The molecule has 21 heavy (non-hydrogen) atoms. The van der Waals surface area contributed by atoms with Crippen molar-refractivity contribution in [2.24, 2.45) is 5.92 Å². The van der Waals surface area contributed by atoms with Crippen LogP contribution in [0, 0.1) is 5.92 Å². The zero-order valence-electron chi connectivity index (χ0n) is 12.1. The summed E-state index contributed by atoms with van der Waals surface area (Å²) in [5.74, 6) is -1.54. The van der Waals surface area contributed by atoms with Gasteiger partial charge in [0.2, 0.25) is 0 Å². The first-order valence-corrected chi connectivity index (χ1v) is 7.36. The van der Waals surface area contributed by atoms with Crippen molar-refractivity contribution in [2.75, 3.05) is 19.7 Å². The van der Waals surface area contributed by atoms with E-state index in [4.69, 9.17) is 14.6 Å². The topological polar surface area (TPSA) is 93.1 Å². The van der Waals surface area contributed by atoms with Crippen molar-refractivity contribution < 1.29 is 29.0 Å². The Hall–Kier alpha value is -1.63. The summed E-state index contributed by atoms with van der Waals surface area (Å²) < 4.78 is 10.3. The molecule has 0 unspecified atom stereocenters. The van der Waals surface area contributed by atoms with Crippen molar-refractivity contribution in [3.05, 3.63) is 0 Å². The lowest BCUT2D eigenvalue weighted by atomic mass is 9.96. The highest BCUT2D eigenvalue weighted by molar-refractivity contribution is 5.83. The fourth-order valence-electron chi connectivity index (χ4n) is 2.80. The summed E-state index contributed by atoms with van der Waals surface area (Å²) in [5.41, 5.74) is 0. The number of aliphatic carboxylic acids is 1. The number of ether oxygens (including phenoxy) is 2. The summed E-state index contributed by atoms with van der Waals surface area (Å²) in [4.78, 5) is 36.4. The third-order valence-electron chi connectivity index (χ3n) is 4.00. The van der Waals surface area contributed by atoms with E-state index >= 15 is 0 Å². The molecule has 2 heterocycles. The molecular formula is C14H21NO6. The average Bonchev–Trinajstić information content (AvgIpc) is 2.97. The first-order valence-electron chi connectivity index (χ1n) is 7.36. The van der Waals surface area contributed by atoms with Gasteiger partial charge in [0.05, 0.1) is 12.5 Å². The molecule has 1 N–H and O–H groups in total. The minimum absolute atomic E-state index is 0.148. The van der Waals surface area contributed by atoms with Gasteiger partial charge in [-0.3, -0.25) is 9.59 Å². The normalized spacial score (nSPS) is 26.6. The van der Waals surface area contributed by atoms with E-state index in [0.29, 0.717) is 45.4 Å². The fourth-order valence-corrected chi connectivity index (χ4v) is 2.80. The second kappa shape index (κ2) is 6.89. The number of carboxylic acids is 1. The highest BCUT2D eigenvalue weighted by atomic mass is 16.5. The molecule has 0 aliphatic carbocycles. The van der Waals surface area contributed by atoms with Crippen LogP contribution in [0.15, 0.2) is 0 Å². The van der Waals surface area contributed by atoms with Crippen molar-refractivity contribution in [3.63, 3.8) is 0 Å². The minimum atomic E-state index is -1.02. The van der Waals surface area contributed by atoms with E-state index in [9.17, 15) is 14.4 Å². The van der Waals surface area contributed by atoms with Crippen LogP contribution < -0.4 is 0 Å². The monoisotopic (exact) mass is 299 g/mol. The van der Waals surface area contributed by atoms with E-state index in [1.807, 2.05) is 0 Å². The summed E-state index contributed by atoms with van der Waals surface area (Å²) in [6, 6.07) is 0. The maximum Gasteiger partial charge on any atom is 0.332 e. The van der Waals surface area contributed by atoms with E-state index in [2.05, 4.69) is 0 Å². The van der Waals surface area contributed by atoms with E-state index in [1.54, 1.807) is 11.8 Å². The minimum Gasteiger partial charge on any atom is -0.479 e. The molecule has 118 valence electrons. The molecule has 1 amide bonds. The van der Waals surface area contributed by atoms with Gasteiger partial charge in [-0.15, -0.1) is 0 Å². The number of carbonyl (C=O) groups is 3. The number of likely N-dealkylation sites (tertiary alicyclic amines) is 1. The summed E-state index contributed by atoms with van der Waals surface area (Å²) in [5, 5.41) is 8.87. The molecule has 2 aliphatic rings. The Labute approximate surface area is 123 Å². The van der Waals surface area contributed by atoms with Crippen LogP contribution in [0.25, 0.3) is 0 Å². The van der Waals surface area contributed by atoms with Gasteiger partial charge >= 0.3 is 11.9 Å². The number of amides is 1. The lowest BCUT2D eigenvalue weighted by molar-refractivity contribution is -0.157. The predicted molar refractivity (Wildman–Crippen MR) is 71.5 cm³/mol. The van der Waals surface area contributed by atoms with Crippen LogP contribution >= 0.6 is 0 Å². The molecule has 7 nitrogen and oxygen atoms in total. The Bertz CT molecular complexity index is 416. The quantitative estimate of drug-likeness (QED) is 0.756. The largest absolute Gasteiger partial charge is 0.479 e. The van der Waals surface area contributed by atoms with Gasteiger partial charge in [-0.1, -0.05) is 0 Å². The number of carbonyl (C=O) groups excluding carboxylic acids is 2. The molecule has 0 spiro atoms. The number of rotatable bonds is 4. The van der Waals surface area contributed by atoms with Gasteiger partial charge in [-0.25, -0.2) is 4.79 Å². The van der Waals surface area contributed by atoms with Gasteiger partial charge in [0.1, 0.15) is 6.10 Å². The summed E-state index contributed by atoms with van der Waals surface area (Å²) >= 11 is 0. The Balaban J connectivity index is 1.81. The number of hydrogen-bond donors (Lipinski definition) is 1. The van der Waals surface area contributed by atoms with Gasteiger partial charge in [-0.2, -0.15) is 0 Å². The summed E-state index contributed by atoms with van der Waals surface area (Å²) in [7, 11) is 0. The van der Waals surface area contributed by atoms with Crippen LogP contribution in [0.4, 0.5) is 0 Å². The number of carboxylic acid groups (broad SMARTS) is 1. The molecule has 2 rings (SSSR count). The van der Waals surface area contributed by atoms with Gasteiger partial charge in [-0.05, 0) is 32.6 Å². The zero-order valence-corrected chi connectivity index (χ0v) is 12.1. The molecule has 2 saturated heterocycles. The Morgan fingerprint density at radius 1 is 1.14 bits per heavy atom. The van der Waals surface area contributed by atoms with E-state index in [1.165, 1.54) is 0 Å². The van der Waals surface area contributed by atoms with Crippen LogP contribution in [-0.2, 0) is 23.9 Å². The molecule has 0 aromatic heterocycles. The molecule has 2 fully saturated rings. The molecule has 2 aliphatic heterocycles. The maximum atomic E-state index is 12.3. The molecule has 0 radical (unpaired) electrons. The van der Waals surface area contributed by atoms with Crippen molar-refractivity contribution in [1.82, 2.24) is 4.90 Å². The molecule has 0 aromatic rings. The van der Waals surface area contributed by atoms with Crippen LogP contribution in [0.2, 0.25) is 0 Å². The van der Waals surface area contributed by atoms with Crippen molar-refractivity contribution in [3.8, 4) is 0 Å². The van der Waals surface area contributed by atoms with E-state index in [-0.39, 0.29) is 17.8 Å². The lowest BCUT2D eigenvalue weighted by Crippen LogP contribution is -2.45. The molecule has 0 aromatic carbocycles. The fraction of sp³-hybridized carbons (Fsp3) is 0.786. The second-order valence-corrected chi connectivity index (χ2v) is 5.38. The lowest BCUT2D eigenvalue weighted by Gasteiger charge is -2.32. The molecule has 0 bridgehead atoms. The number of esters is 1. The molecular weight excluding hydrogens is 278 g/mol. The second-order valence-electron chi connectivity index (χ2n) is 5.38. The van der Waals surface area contributed by atoms with Gasteiger partial charge < -0.3 is 19.5 Å². The Morgan fingerprint density at radius 3 is 2.29 bits per heavy atom. The van der Waals surface area contributed by atoms with E-state index < -0.39 is 18.2 Å². The van der Waals surface area contributed by atoms with Crippen molar-refractivity contribution in [1.29, 1.82) is 0 Å². The van der Waals surface area contributed by atoms with E-state index in [0.717, 1.165) is 0 Å². The third kappa shape index (κ3) is 3.72. The Kier molecular flexibility index (Phi) is 5.17. The SMILES string of the molecule is CCOC(=O)C1CCN(C(=O)[C@@H]2CC[C@H](C(=O)O)O2)CC1. The number of nitrogens with zero attached hydrogens (tertiary/aromatic N) is 1. The highest BCUT2D eigenvalue weighted by Crippen LogP contribution is 2.25. The third-order valence-corrected chi connectivity index (χ3v) is 4.00. The standard InChI is InChI=1S/C14H21NO6/c1-2-20-14(19)9-5-7-15(8-6-9)12(16)10-3-4-11(21-10)13(17)18/h9-11H,2-8H2,1H3,(H,17,18)/t10-,11+/m0/s1. The van der Waals surface area contributed by atoms with Crippen molar-refractivity contribution >= 4 is 17.8 Å². The predicted octanol–water partition coefficient (Wildman–Crippen LogP) is 0.420. The maximum absolute atomic E-state index is 12.3. The number of hydrogen-bond acceptors (Lipinski definition) is 5. The van der Waals surface area contributed by atoms with Crippen LogP contribution in [0.3, 0.4) is 0 Å². The smallest absolute Gasteiger partial charge is 0.332 e. The van der Waals surface area contributed by atoms with Gasteiger partial charge in [0.25, 0.3) is 5.91 Å². The molecule has 7 heteroatoms.